The molecule has 0 bridgehead atoms. The SMILES string of the molecule is CCN1CCN(Cc2ccc(NC(C)=O)cc2)[C@@H](Cc2ccc(-c3cccnc3)cc2)C1=O. The molecule has 1 N–H and O–H groups in total. The zero-order valence-electron chi connectivity index (χ0n) is 19.2. The molecule has 1 atom stereocenters. The lowest BCUT2D eigenvalue weighted by atomic mass is 9.98. The molecule has 170 valence electrons. The molecule has 3 aromatic rings. The van der Waals surface area contributed by atoms with Gasteiger partial charge < -0.3 is 10.2 Å². The summed E-state index contributed by atoms with van der Waals surface area (Å²) in [4.78, 5) is 32.9. The number of carbonyl (C=O) groups is 2. The summed E-state index contributed by atoms with van der Waals surface area (Å²) in [5.41, 5.74) is 5.25. The Morgan fingerprint density at radius 1 is 1.00 bits per heavy atom. The highest BCUT2D eigenvalue weighted by molar-refractivity contribution is 5.88. The van der Waals surface area contributed by atoms with Gasteiger partial charge in [0, 0.05) is 51.2 Å². The van der Waals surface area contributed by atoms with Crippen LogP contribution < -0.4 is 5.32 Å². The number of nitrogens with one attached hydrogen (secondary N) is 1. The van der Waals surface area contributed by atoms with Gasteiger partial charge in [0.05, 0.1) is 6.04 Å². The third kappa shape index (κ3) is 5.65. The van der Waals surface area contributed by atoms with Gasteiger partial charge >= 0.3 is 0 Å². The average Bonchev–Trinajstić information content (AvgIpc) is 2.83. The third-order valence-corrected chi connectivity index (χ3v) is 6.11. The molecule has 33 heavy (non-hydrogen) atoms. The van der Waals surface area contributed by atoms with Crippen molar-refractivity contribution in [1.29, 1.82) is 0 Å². The third-order valence-electron chi connectivity index (χ3n) is 6.11. The van der Waals surface area contributed by atoms with Crippen LogP contribution in [-0.4, -0.2) is 52.3 Å². The Morgan fingerprint density at radius 2 is 1.73 bits per heavy atom. The second-order valence-corrected chi connectivity index (χ2v) is 8.43. The van der Waals surface area contributed by atoms with Crippen molar-refractivity contribution in [3.63, 3.8) is 0 Å². The van der Waals surface area contributed by atoms with E-state index in [4.69, 9.17) is 0 Å². The number of piperazine rings is 1. The lowest BCUT2D eigenvalue weighted by Crippen LogP contribution is -2.57. The minimum atomic E-state index is -0.196. The highest BCUT2D eigenvalue weighted by atomic mass is 16.2. The number of rotatable bonds is 7. The number of amides is 2. The number of benzene rings is 2. The van der Waals surface area contributed by atoms with Crippen molar-refractivity contribution in [2.75, 3.05) is 25.0 Å². The van der Waals surface area contributed by atoms with Crippen molar-refractivity contribution in [2.24, 2.45) is 0 Å². The van der Waals surface area contributed by atoms with E-state index in [1.165, 1.54) is 6.92 Å². The Labute approximate surface area is 195 Å². The van der Waals surface area contributed by atoms with Crippen molar-refractivity contribution in [2.45, 2.75) is 32.9 Å². The van der Waals surface area contributed by atoms with E-state index in [-0.39, 0.29) is 17.9 Å². The summed E-state index contributed by atoms with van der Waals surface area (Å²) in [5.74, 6) is 0.105. The number of likely N-dealkylation sites (N-methyl/N-ethyl adjacent to an activating group) is 1. The van der Waals surface area contributed by atoms with E-state index in [9.17, 15) is 9.59 Å². The molecule has 0 aliphatic carbocycles. The smallest absolute Gasteiger partial charge is 0.240 e. The van der Waals surface area contributed by atoms with Crippen molar-refractivity contribution in [1.82, 2.24) is 14.8 Å². The molecule has 2 heterocycles. The van der Waals surface area contributed by atoms with Crippen LogP contribution in [0.2, 0.25) is 0 Å². The molecule has 0 radical (unpaired) electrons. The first kappa shape index (κ1) is 22.7. The van der Waals surface area contributed by atoms with Crippen LogP contribution in [0.1, 0.15) is 25.0 Å². The largest absolute Gasteiger partial charge is 0.340 e. The molecular formula is C27H30N4O2. The van der Waals surface area contributed by atoms with E-state index in [1.54, 1.807) is 6.20 Å². The van der Waals surface area contributed by atoms with Crippen LogP contribution in [0.25, 0.3) is 11.1 Å². The molecule has 0 unspecified atom stereocenters. The molecule has 1 aliphatic rings. The highest BCUT2D eigenvalue weighted by Gasteiger charge is 2.34. The number of hydrogen-bond donors (Lipinski definition) is 1. The lowest BCUT2D eigenvalue weighted by Gasteiger charge is -2.40. The van der Waals surface area contributed by atoms with E-state index in [0.717, 1.165) is 47.6 Å². The van der Waals surface area contributed by atoms with Gasteiger partial charge in [-0.15, -0.1) is 0 Å². The Morgan fingerprint density at radius 3 is 2.36 bits per heavy atom. The van der Waals surface area contributed by atoms with Crippen LogP contribution in [-0.2, 0) is 22.6 Å². The van der Waals surface area contributed by atoms with Gasteiger partial charge in [-0.25, -0.2) is 0 Å². The molecule has 1 aromatic heterocycles. The fraction of sp³-hybridized carbons (Fsp3) is 0.296. The highest BCUT2D eigenvalue weighted by Crippen LogP contribution is 2.23. The zero-order valence-corrected chi connectivity index (χ0v) is 19.2. The van der Waals surface area contributed by atoms with E-state index in [1.807, 2.05) is 54.4 Å². The zero-order chi connectivity index (χ0) is 23.2. The van der Waals surface area contributed by atoms with Gasteiger partial charge in [-0.05, 0) is 53.8 Å². The summed E-state index contributed by atoms with van der Waals surface area (Å²) in [7, 11) is 0. The summed E-state index contributed by atoms with van der Waals surface area (Å²) in [6.07, 6.45) is 4.30. The topological polar surface area (TPSA) is 65.5 Å². The molecular weight excluding hydrogens is 412 g/mol. The average molecular weight is 443 g/mol. The van der Waals surface area contributed by atoms with Crippen LogP contribution in [0.4, 0.5) is 5.69 Å². The van der Waals surface area contributed by atoms with Crippen LogP contribution >= 0.6 is 0 Å². The number of nitrogens with zero attached hydrogens (tertiary/aromatic N) is 3. The predicted octanol–water partition coefficient (Wildman–Crippen LogP) is 3.98. The Balaban J connectivity index is 1.50. The Kier molecular flexibility index (Phi) is 7.15. The summed E-state index contributed by atoms with van der Waals surface area (Å²) in [5, 5.41) is 2.80. The number of pyridine rings is 1. The monoisotopic (exact) mass is 442 g/mol. The number of carbonyl (C=O) groups excluding carboxylic acids is 2. The fourth-order valence-electron chi connectivity index (χ4n) is 4.32. The number of aromatic nitrogens is 1. The van der Waals surface area contributed by atoms with E-state index < -0.39 is 0 Å². The second-order valence-electron chi connectivity index (χ2n) is 8.43. The van der Waals surface area contributed by atoms with Crippen LogP contribution in [0, 0.1) is 0 Å². The maximum absolute atomic E-state index is 13.3. The molecule has 1 saturated heterocycles. The summed E-state index contributed by atoms with van der Waals surface area (Å²) in [6.45, 7) is 6.55. The molecule has 0 saturated carbocycles. The number of hydrogen-bond acceptors (Lipinski definition) is 4. The maximum Gasteiger partial charge on any atom is 0.240 e. The van der Waals surface area contributed by atoms with Gasteiger partial charge in [0.2, 0.25) is 11.8 Å². The molecule has 1 fully saturated rings. The molecule has 2 aromatic carbocycles. The molecule has 1 aliphatic heterocycles. The molecule has 6 nitrogen and oxygen atoms in total. The predicted molar refractivity (Wildman–Crippen MR) is 131 cm³/mol. The van der Waals surface area contributed by atoms with Crippen molar-refractivity contribution >= 4 is 17.5 Å². The normalized spacial score (nSPS) is 16.6. The first-order valence-electron chi connectivity index (χ1n) is 11.4. The van der Waals surface area contributed by atoms with E-state index in [2.05, 4.69) is 39.5 Å². The van der Waals surface area contributed by atoms with Crippen LogP contribution in [0.15, 0.2) is 73.1 Å². The summed E-state index contributed by atoms with van der Waals surface area (Å²) in [6, 6.07) is 20.1. The standard InChI is InChI=1S/C27H30N4O2/c1-3-30-15-16-31(19-22-8-12-25(13-9-22)29-20(2)32)26(27(30)33)17-21-6-10-23(11-7-21)24-5-4-14-28-18-24/h4-14,18,26H,3,15-17,19H2,1-2H3,(H,29,32)/t26-/m0/s1. The van der Waals surface area contributed by atoms with Gasteiger partial charge in [0.25, 0.3) is 0 Å². The Bertz CT molecular complexity index is 1080. The first-order chi connectivity index (χ1) is 16.0. The quantitative estimate of drug-likeness (QED) is 0.601. The van der Waals surface area contributed by atoms with Gasteiger partial charge in [-0.1, -0.05) is 42.5 Å². The lowest BCUT2D eigenvalue weighted by molar-refractivity contribution is -0.141. The number of anilines is 1. The summed E-state index contributed by atoms with van der Waals surface area (Å²) < 4.78 is 0. The first-order valence-corrected chi connectivity index (χ1v) is 11.4. The molecule has 4 rings (SSSR count). The Hall–Kier alpha value is -3.51. The van der Waals surface area contributed by atoms with Gasteiger partial charge in [-0.3, -0.25) is 19.5 Å². The maximum atomic E-state index is 13.3. The fourth-order valence-corrected chi connectivity index (χ4v) is 4.32. The van der Waals surface area contributed by atoms with Crippen molar-refractivity contribution in [3.05, 3.63) is 84.2 Å². The molecule has 6 heteroatoms. The van der Waals surface area contributed by atoms with E-state index >= 15 is 0 Å². The molecule has 0 spiro atoms. The minimum Gasteiger partial charge on any atom is -0.340 e. The second kappa shape index (κ2) is 10.4. The van der Waals surface area contributed by atoms with Crippen LogP contribution in [0.5, 0.6) is 0 Å². The van der Waals surface area contributed by atoms with Crippen LogP contribution in [0.3, 0.4) is 0 Å². The van der Waals surface area contributed by atoms with E-state index in [0.29, 0.717) is 13.0 Å². The van der Waals surface area contributed by atoms with Gasteiger partial charge in [-0.2, -0.15) is 0 Å². The molecule has 2 amide bonds. The minimum absolute atomic E-state index is 0.0846. The van der Waals surface area contributed by atoms with Crippen molar-refractivity contribution < 1.29 is 9.59 Å². The van der Waals surface area contributed by atoms with Gasteiger partial charge in [0.15, 0.2) is 0 Å². The summed E-state index contributed by atoms with van der Waals surface area (Å²) >= 11 is 0. The van der Waals surface area contributed by atoms with Crippen molar-refractivity contribution in [3.8, 4) is 11.1 Å². The van der Waals surface area contributed by atoms with Gasteiger partial charge in [0.1, 0.15) is 0 Å².